The molecular formula is C12H24N2. The van der Waals surface area contributed by atoms with Crippen LogP contribution in [-0.4, -0.2) is 30.6 Å². The number of hydrogen-bond acceptors (Lipinski definition) is 2. The summed E-state index contributed by atoms with van der Waals surface area (Å²) in [6.45, 7) is 5.94. The Kier molecular flexibility index (Phi) is 3.45. The molecule has 2 N–H and O–H groups in total. The standard InChI is InChI=1S/C12H24N2/c1-10(12-4-5-12)14-8-2-3-11(9-14)6-7-13/h10-12H,2-9,13H2,1H3. The van der Waals surface area contributed by atoms with E-state index in [2.05, 4.69) is 11.8 Å². The van der Waals surface area contributed by atoms with Gasteiger partial charge in [-0.05, 0) is 64.0 Å². The average molecular weight is 196 g/mol. The SMILES string of the molecule is CC(C1CC1)N1CCCC(CCN)C1. The monoisotopic (exact) mass is 196 g/mol. The molecule has 2 heteroatoms. The summed E-state index contributed by atoms with van der Waals surface area (Å²) in [7, 11) is 0. The number of nitrogens with two attached hydrogens (primary N) is 1. The minimum Gasteiger partial charge on any atom is -0.330 e. The molecule has 1 aliphatic heterocycles. The minimum absolute atomic E-state index is 0.843. The molecule has 2 rings (SSSR count). The zero-order valence-electron chi connectivity index (χ0n) is 9.41. The van der Waals surface area contributed by atoms with Crippen LogP contribution in [-0.2, 0) is 0 Å². The maximum Gasteiger partial charge on any atom is 0.00953 e. The highest BCUT2D eigenvalue weighted by atomic mass is 15.2. The second-order valence-corrected chi connectivity index (χ2v) is 5.16. The maximum absolute atomic E-state index is 5.63. The van der Waals surface area contributed by atoms with E-state index in [4.69, 9.17) is 5.73 Å². The van der Waals surface area contributed by atoms with Gasteiger partial charge in [0.05, 0.1) is 0 Å². The Balaban J connectivity index is 1.80. The fourth-order valence-corrected chi connectivity index (χ4v) is 2.82. The highest BCUT2D eigenvalue weighted by Gasteiger charge is 2.33. The van der Waals surface area contributed by atoms with Crippen molar-refractivity contribution in [2.75, 3.05) is 19.6 Å². The van der Waals surface area contributed by atoms with Crippen molar-refractivity contribution >= 4 is 0 Å². The fraction of sp³-hybridized carbons (Fsp3) is 1.00. The third-order valence-electron chi connectivity index (χ3n) is 4.01. The molecule has 82 valence electrons. The van der Waals surface area contributed by atoms with Gasteiger partial charge in [0.1, 0.15) is 0 Å². The molecule has 0 bridgehead atoms. The molecule has 2 nitrogen and oxygen atoms in total. The van der Waals surface area contributed by atoms with Gasteiger partial charge in [-0.15, -0.1) is 0 Å². The molecule has 2 fully saturated rings. The molecule has 1 saturated carbocycles. The number of rotatable bonds is 4. The van der Waals surface area contributed by atoms with Crippen molar-refractivity contribution in [2.24, 2.45) is 17.6 Å². The second kappa shape index (κ2) is 4.63. The summed E-state index contributed by atoms with van der Waals surface area (Å²) >= 11 is 0. The largest absolute Gasteiger partial charge is 0.330 e. The lowest BCUT2D eigenvalue weighted by Gasteiger charge is -2.37. The lowest BCUT2D eigenvalue weighted by atomic mass is 9.93. The zero-order valence-corrected chi connectivity index (χ0v) is 9.41. The summed E-state index contributed by atoms with van der Waals surface area (Å²) < 4.78 is 0. The van der Waals surface area contributed by atoms with Gasteiger partial charge in [0.15, 0.2) is 0 Å². The van der Waals surface area contributed by atoms with E-state index in [1.165, 1.54) is 45.2 Å². The van der Waals surface area contributed by atoms with Gasteiger partial charge in [-0.3, -0.25) is 0 Å². The summed E-state index contributed by atoms with van der Waals surface area (Å²) in [4.78, 5) is 2.71. The Bertz CT molecular complexity index is 175. The van der Waals surface area contributed by atoms with Gasteiger partial charge in [-0.2, -0.15) is 0 Å². The first-order chi connectivity index (χ1) is 6.81. The molecule has 0 aromatic heterocycles. The first kappa shape index (κ1) is 10.4. The molecule has 0 aromatic carbocycles. The van der Waals surface area contributed by atoms with Crippen LogP contribution < -0.4 is 5.73 Å². The smallest absolute Gasteiger partial charge is 0.00953 e. The van der Waals surface area contributed by atoms with Crippen molar-refractivity contribution < 1.29 is 0 Å². The number of hydrogen-bond donors (Lipinski definition) is 1. The molecule has 1 heterocycles. The molecule has 1 saturated heterocycles. The summed E-state index contributed by atoms with van der Waals surface area (Å²) in [6.07, 6.45) is 6.97. The van der Waals surface area contributed by atoms with Gasteiger partial charge in [0, 0.05) is 12.6 Å². The number of likely N-dealkylation sites (tertiary alicyclic amines) is 1. The number of nitrogens with zero attached hydrogens (tertiary/aromatic N) is 1. The first-order valence-electron chi connectivity index (χ1n) is 6.25. The topological polar surface area (TPSA) is 29.3 Å². The van der Waals surface area contributed by atoms with Gasteiger partial charge in [-0.25, -0.2) is 0 Å². The third kappa shape index (κ3) is 2.48. The second-order valence-electron chi connectivity index (χ2n) is 5.16. The first-order valence-corrected chi connectivity index (χ1v) is 6.25. The molecule has 2 unspecified atom stereocenters. The molecule has 2 atom stereocenters. The molecule has 14 heavy (non-hydrogen) atoms. The molecule has 0 amide bonds. The Morgan fingerprint density at radius 3 is 2.79 bits per heavy atom. The van der Waals surface area contributed by atoms with Crippen LogP contribution in [0.3, 0.4) is 0 Å². The van der Waals surface area contributed by atoms with E-state index in [9.17, 15) is 0 Å². The van der Waals surface area contributed by atoms with Crippen molar-refractivity contribution in [2.45, 2.75) is 45.1 Å². The predicted molar refractivity (Wildman–Crippen MR) is 60.2 cm³/mol. The van der Waals surface area contributed by atoms with Crippen molar-refractivity contribution in [1.29, 1.82) is 0 Å². The molecule has 2 aliphatic rings. The van der Waals surface area contributed by atoms with E-state index < -0.39 is 0 Å². The molecule has 0 radical (unpaired) electrons. The van der Waals surface area contributed by atoms with Crippen LogP contribution in [0.4, 0.5) is 0 Å². The van der Waals surface area contributed by atoms with E-state index in [1.54, 1.807) is 0 Å². The molecule has 0 spiro atoms. The highest BCUT2D eigenvalue weighted by molar-refractivity contribution is 4.87. The van der Waals surface area contributed by atoms with Gasteiger partial charge < -0.3 is 10.6 Å². The predicted octanol–water partition coefficient (Wildman–Crippen LogP) is 1.85. The Morgan fingerprint density at radius 1 is 1.36 bits per heavy atom. The van der Waals surface area contributed by atoms with E-state index >= 15 is 0 Å². The molecule has 0 aromatic rings. The summed E-state index contributed by atoms with van der Waals surface area (Å²) in [5, 5.41) is 0. The van der Waals surface area contributed by atoms with E-state index in [-0.39, 0.29) is 0 Å². The highest BCUT2D eigenvalue weighted by Crippen LogP contribution is 2.36. The van der Waals surface area contributed by atoms with Crippen molar-refractivity contribution in [3.05, 3.63) is 0 Å². The van der Waals surface area contributed by atoms with Crippen LogP contribution >= 0.6 is 0 Å². The lowest BCUT2D eigenvalue weighted by Crippen LogP contribution is -2.42. The summed E-state index contributed by atoms with van der Waals surface area (Å²) in [6, 6.07) is 0.843. The van der Waals surface area contributed by atoms with Crippen LogP contribution in [0, 0.1) is 11.8 Å². The Labute approximate surface area is 87.8 Å². The normalized spacial score (nSPS) is 31.7. The van der Waals surface area contributed by atoms with E-state index in [0.29, 0.717) is 0 Å². The van der Waals surface area contributed by atoms with Crippen molar-refractivity contribution in [3.8, 4) is 0 Å². The number of piperidine rings is 1. The summed E-state index contributed by atoms with van der Waals surface area (Å²) in [5.41, 5.74) is 5.63. The van der Waals surface area contributed by atoms with E-state index in [1.807, 2.05) is 0 Å². The van der Waals surface area contributed by atoms with Gasteiger partial charge in [-0.1, -0.05) is 0 Å². The van der Waals surface area contributed by atoms with Gasteiger partial charge >= 0.3 is 0 Å². The molecule has 1 aliphatic carbocycles. The maximum atomic E-state index is 5.63. The zero-order chi connectivity index (χ0) is 9.97. The fourth-order valence-electron chi connectivity index (χ4n) is 2.82. The average Bonchev–Trinajstić information content (AvgIpc) is 3.01. The third-order valence-corrected chi connectivity index (χ3v) is 4.01. The van der Waals surface area contributed by atoms with Crippen LogP contribution in [0.2, 0.25) is 0 Å². The minimum atomic E-state index is 0.843. The Morgan fingerprint density at radius 2 is 2.14 bits per heavy atom. The van der Waals surface area contributed by atoms with Gasteiger partial charge in [0.2, 0.25) is 0 Å². The summed E-state index contributed by atoms with van der Waals surface area (Å²) in [5.74, 6) is 1.90. The van der Waals surface area contributed by atoms with Crippen molar-refractivity contribution in [1.82, 2.24) is 4.90 Å². The van der Waals surface area contributed by atoms with Crippen LogP contribution in [0.15, 0.2) is 0 Å². The van der Waals surface area contributed by atoms with Gasteiger partial charge in [0.25, 0.3) is 0 Å². The quantitative estimate of drug-likeness (QED) is 0.743. The lowest BCUT2D eigenvalue weighted by molar-refractivity contribution is 0.116. The van der Waals surface area contributed by atoms with Crippen molar-refractivity contribution in [3.63, 3.8) is 0 Å². The Hall–Kier alpha value is -0.0800. The van der Waals surface area contributed by atoms with Crippen LogP contribution in [0.25, 0.3) is 0 Å². The van der Waals surface area contributed by atoms with E-state index in [0.717, 1.165) is 24.4 Å². The van der Waals surface area contributed by atoms with Crippen LogP contribution in [0.1, 0.15) is 39.0 Å². The van der Waals surface area contributed by atoms with Crippen LogP contribution in [0.5, 0.6) is 0 Å². The molecular weight excluding hydrogens is 172 g/mol.